The molecule has 85 heavy (non-hydrogen) atoms. The quantitative estimate of drug-likeness (QED) is 0.106. The van der Waals surface area contributed by atoms with Crippen LogP contribution in [0.4, 0.5) is 8.78 Å². The predicted octanol–water partition coefficient (Wildman–Crippen LogP) is 15.0. The fourth-order valence-electron chi connectivity index (χ4n) is 13.0. The maximum atomic E-state index is 13.6. The fourth-order valence-corrected chi connectivity index (χ4v) is 14.0. The van der Waals surface area contributed by atoms with E-state index in [-0.39, 0.29) is 114 Å². The largest absolute Gasteiger partial charge is 0.457 e. The van der Waals surface area contributed by atoms with Gasteiger partial charge in [0.1, 0.15) is 6.10 Å². The van der Waals surface area contributed by atoms with Crippen LogP contribution in [0.3, 0.4) is 0 Å². The monoisotopic (exact) mass is 1240 g/mol. The molecule has 6 rings (SSSR count). The lowest BCUT2D eigenvalue weighted by atomic mass is 9.78. The van der Waals surface area contributed by atoms with Crippen LogP contribution in [-0.2, 0) is 70.9 Å². The van der Waals surface area contributed by atoms with Gasteiger partial charge >= 0.3 is 11.9 Å². The topological polar surface area (TPSA) is 154 Å². The third kappa shape index (κ3) is 20.3. The normalized spacial score (nSPS) is 44.2. The molecule has 0 N–H and O–H groups in total. The highest BCUT2D eigenvalue weighted by molar-refractivity contribution is 6.74. The minimum absolute atomic E-state index is 0.0115. The van der Waals surface area contributed by atoms with Crippen molar-refractivity contribution in [1.82, 2.24) is 0 Å². The molecule has 6 heterocycles. The first kappa shape index (κ1) is 77.8. The van der Waals surface area contributed by atoms with Gasteiger partial charge in [-0.3, -0.25) is 9.59 Å². The van der Waals surface area contributed by atoms with Crippen molar-refractivity contribution in [3.05, 3.63) is 0 Å². The summed E-state index contributed by atoms with van der Waals surface area (Å²) in [6.07, 6.45) is -2.14. The third-order valence-electron chi connectivity index (χ3n) is 22.2. The lowest BCUT2D eigenvalue weighted by molar-refractivity contribution is -0.341. The molecule has 0 aliphatic carbocycles. The van der Waals surface area contributed by atoms with Gasteiger partial charge < -0.3 is 61.3 Å². The van der Waals surface area contributed by atoms with E-state index in [1.165, 1.54) is 13.8 Å². The van der Waals surface area contributed by atoms with Crippen LogP contribution in [0.2, 0.25) is 18.1 Å². The summed E-state index contributed by atoms with van der Waals surface area (Å²) in [4.78, 5) is 22.8. The third-order valence-corrected chi connectivity index (χ3v) is 26.7. The molecule has 0 aromatic carbocycles. The summed E-state index contributed by atoms with van der Waals surface area (Å²) in [5.41, 5.74) is 0. The molecule has 0 aromatic heterocycles. The van der Waals surface area contributed by atoms with Crippen molar-refractivity contribution in [3.63, 3.8) is 0 Å². The van der Waals surface area contributed by atoms with Gasteiger partial charge in [-0.25, -0.2) is 8.78 Å². The van der Waals surface area contributed by atoms with Gasteiger partial charge in [-0.1, -0.05) is 152 Å². The molecule has 0 aromatic rings. The Morgan fingerprint density at radius 3 is 1.19 bits per heavy atom. The first-order valence-corrected chi connectivity index (χ1v) is 35.9. The molecule has 15 nitrogen and oxygen atoms in total. The Labute approximate surface area is 516 Å². The summed E-state index contributed by atoms with van der Waals surface area (Å²) in [5, 5.41) is 0.241. The van der Waals surface area contributed by atoms with E-state index in [4.69, 9.17) is 61.3 Å². The van der Waals surface area contributed by atoms with Gasteiger partial charge in [0, 0.05) is 63.6 Å². The number of esters is 2. The van der Waals surface area contributed by atoms with Gasteiger partial charge in [0.25, 0.3) is 0 Å². The van der Waals surface area contributed by atoms with Crippen LogP contribution in [-0.4, -0.2) is 141 Å². The lowest BCUT2D eigenvalue weighted by Gasteiger charge is -2.49. The van der Waals surface area contributed by atoms with Crippen LogP contribution in [0.25, 0.3) is 0 Å². The first-order valence-electron chi connectivity index (χ1n) is 33.0. The maximum absolute atomic E-state index is 13.6. The molecule has 30 atom stereocenters. The van der Waals surface area contributed by atoms with E-state index in [1.54, 1.807) is 14.2 Å². The molecule has 0 spiro atoms. The number of hydrogen-bond acceptors (Lipinski definition) is 15. The number of methoxy groups -OCH3 is 2. The second kappa shape index (κ2) is 34.8. The number of rotatable bonds is 16. The van der Waals surface area contributed by atoms with Crippen molar-refractivity contribution in [2.75, 3.05) is 27.4 Å². The number of alkyl halides is 2. The van der Waals surface area contributed by atoms with Crippen molar-refractivity contribution in [2.24, 2.45) is 88.8 Å². The van der Waals surface area contributed by atoms with Gasteiger partial charge in [0.05, 0.1) is 49.8 Å². The highest BCUT2D eigenvalue weighted by Gasteiger charge is 2.51. The molecule has 6 saturated heterocycles. The molecule has 0 bridgehead atoms. The highest BCUT2D eigenvalue weighted by atomic mass is 28.4. The summed E-state index contributed by atoms with van der Waals surface area (Å²) in [7, 11) is 1.69. The minimum Gasteiger partial charge on any atom is -0.457 e. The molecule has 502 valence electrons. The molecule has 0 radical (unpaired) electrons. The van der Waals surface area contributed by atoms with E-state index in [0.717, 1.165) is 25.7 Å². The maximum Gasteiger partial charge on any atom is 0.303 e. The smallest absolute Gasteiger partial charge is 0.303 e. The van der Waals surface area contributed by atoms with E-state index in [2.05, 4.69) is 138 Å². The van der Waals surface area contributed by atoms with Gasteiger partial charge in [-0.2, -0.15) is 0 Å². The molecule has 12 unspecified atom stereocenters. The van der Waals surface area contributed by atoms with Crippen LogP contribution in [0.5, 0.6) is 0 Å². The summed E-state index contributed by atoms with van der Waals surface area (Å²) >= 11 is 0. The number of ether oxygens (including phenoxy) is 12. The van der Waals surface area contributed by atoms with Crippen LogP contribution >= 0.6 is 0 Å². The van der Waals surface area contributed by atoms with Crippen molar-refractivity contribution in [3.8, 4) is 0 Å². The predicted molar refractivity (Wildman–Crippen MR) is 332 cm³/mol. The zero-order valence-corrected chi connectivity index (χ0v) is 59.4. The summed E-state index contributed by atoms with van der Waals surface area (Å²) in [6, 6.07) is 0. The first-order chi connectivity index (χ1) is 39.5. The van der Waals surface area contributed by atoms with Crippen molar-refractivity contribution in [2.45, 2.75) is 303 Å². The zero-order valence-electron chi connectivity index (χ0n) is 58.4. The van der Waals surface area contributed by atoms with E-state index >= 15 is 0 Å². The highest BCUT2D eigenvalue weighted by Crippen LogP contribution is 2.44. The average molecular weight is 1240 g/mol. The van der Waals surface area contributed by atoms with Crippen LogP contribution in [0.15, 0.2) is 0 Å². The number of carbonyl (C=O) groups is 2. The number of hydrogen-bond donors (Lipinski definition) is 0. The van der Waals surface area contributed by atoms with Crippen LogP contribution in [0, 0.1) is 88.8 Å². The second-order valence-electron chi connectivity index (χ2n) is 28.4. The second-order valence-corrected chi connectivity index (χ2v) is 33.2. The van der Waals surface area contributed by atoms with E-state index in [1.807, 2.05) is 27.7 Å². The zero-order chi connectivity index (χ0) is 64.9. The van der Waals surface area contributed by atoms with E-state index in [9.17, 15) is 18.4 Å². The van der Waals surface area contributed by atoms with Gasteiger partial charge in [-0.15, -0.1) is 0 Å². The Hall–Kier alpha value is -1.42. The number of carbonyl (C=O) groups excluding carboxylic acids is 2. The summed E-state index contributed by atoms with van der Waals surface area (Å²) in [5.74, 6) is 3.60. The van der Waals surface area contributed by atoms with Crippen LogP contribution < -0.4 is 0 Å². The molecule has 0 saturated carbocycles. The van der Waals surface area contributed by atoms with E-state index < -0.39 is 51.6 Å². The SMILES string of the molecule is CCC1O[C@@H](F)C(C)[C@@H](C)[C@@H]1C.CCC1O[C@@H](OCC2O[C@H](OC)C(C)[C@@H](C)[C@@H]2O[C@H]2OC(CC)[C@@H](C)[C@H](C)C2OC(C)=O)C(C)[C@@H](C)[C@@H]1C.CCC1O[C@H](F)C(OC(C)=O)[C@@H](C)[C@@H]1C.CO[C@H]1OC(CO[Si](C)(C)C(C)(C)C)[C@@H](C)[C@H](C)C1C. The molecule has 6 fully saturated rings. The Balaban J connectivity index is 0.000000334. The minimum atomic E-state index is -1.71. The summed E-state index contributed by atoms with van der Waals surface area (Å²) < 4.78 is 104. The molecular formula is C67H126F2O15Si. The van der Waals surface area contributed by atoms with Gasteiger partial charge in [-0.05, 0) is 97.1 Å². The Kier molecular flexibility index (Phi) is 31.9. The lowest BCUT2D eigenvalue weighted by Crippen LogP contribution is -2.58. The van der Waals surface area contributed by atoms with Crippen LogP contribution in [0.1, 0.15) is 192 Å². The fraction of sp³-hybridized carbons (Fsp3) is 0.970. The standard InChI is InChI=1S/C30H54O8.C16H34O3Si.C11H19FO3.C10H19FO/c1-12-23-16(4)15(3)20(8)29(35-23)33-14-25-26(19(7)21(9)28(32-11)37-25)38-30-27(34-22(10)31)18(6)17(5)24(13-2)36-30;1-11-12(2)14(19-15(17-7)13(11)3)10-18-20(8,9)16(4,5)6;1-5-9-6(2)7(3)10(11(12)15-9)14-8(4)13;1-5-9-7(3)6(2)8(4)10(11)12-9/h15-21,23-30H,12-14H2,1-11H3;11-15H,10H2,1-9H3;6-7,9-11H,5H2,1-4H3;6-10H,5H2,1-4H3/t15-,16-,17-,18-,19+,20?,21?,23?,24?,25?,26-,27?,28-,29+,30+;11-,12-,13?,14?,15-;6-,7-,9?,10?,11-;6-,7-,8?,9?,10+/m0000/s1. The van der Waals surface area contributed by atoms with Gasteiger partial charge in [0.15, 0.2) is 45.7 Å². The molecular weight excluding hydrogens is 1110 g/mol. The molecule has 0 amide bonds. The van der Waals surface area contributed by atoms with E-state index in [0.29, 0.717) is 54.6 Å². The molecule has 6 aliphatic heterocycles. The average Bonchev–Trinajstić information content (AvgIpc) is 2.90. The molecule has 18 heteroatoms. The van der Waals surface area contributed by atoms with Crippen molar-refractivity contribution >= 4 is 20.3 Å². The number of halogens is 2. The van der Waals surface area contributed by atoms with Crippen molar-refractivity contribution in [1.29, 1.82) is 0 Å². The summed E-state index contributed by atoms with van der Waals surface area (Å²) in [6.45, 7) is 55.6. The Bertz CT molecular complexity index is 1920. The van der Waals surface area contributed by atoms with Gasteiger partial charge in [0.2, 0.25) is 12.7 Å². The van der Waals surface area contributed by atoms with Crippen molar-refractivity contribution < 1.29 is 79.6 Å². The Morgan fingerprint density at radius 2 is 0.741 bits per heavy atom. The molecule has 6 aliphatic rings. The Morgan fingerprint density at radius 1 is 0.400 bits per heavy atom.